The lowest BCUT2D eigenvalue weighted by Gasteiger charge is -2.10. The third-order valence-electron chi connectivity index (χ3n) is 4.08. The Kier molecular flexibility index (Phi) is 6.41. The number of benzene rings is 2. The number of carbonyl (C=O) groups excluding carboxylic acids is 1. The molecule has 7 nitrogen and oxygen atoms in total. The van der Waals surface area contributed by atoms with Gasteiger partial charge in [-0.05, 0) is 42.3 Å². The summed E-state index contributed by atoms with van der Waals surface area (Å²) in [6.45, 7) is 0.668. The van der Waals surface area contributed by atoms with Gasteiger partial charge in [-0.1, -0.05) is 24.3 Å². The van der Waals surface area contributed by atoms with Crippen molar-refractivity contribution in [1.29, 1.82) is 0 Å². The molecule has 1 heterocycles. The zero-order valence-corrected chi connectivity index (χ0v) is 15.8. The van der Waals surface area contributed by atoms with Crippen molar-refractivity contribution in [3.63, 3.8) is 0 Å². The van der Waals surface area contributed by atoms with Gasteiger partial charge in [0.15, 0.2) is 0 Å². The Hall–Kier alpha value is -3.61. The molecule has 0 radical (unpaired) electrons. The predicted molar refractivity (Wildman–Crippen MR) is 108 cm³/mol. The number of anilines is 3. The zero-order valence-electron chi connectivity index (χ0n) is 15.8. The summed E-state index contributed by atoms with van der Waals surface area (Å²) in [6.07, 6.45) is 2.46. The highest BCUT2D eigenvalue weighted by Gasteiger charge is 2.07. The Balaban J connectivity index is 1.62. The van der Waals surface area contributed by atoms with Crippen LogP contribution in [-0.2, 0) is 11.2 Å². The van der Waals surface area contributed by atoms with Crippen LogP contribution in [0.5, 0.6) is 5.75 Å². The topological polar surface area (TPSA) is 85.4 Å². The summed E-state index contributed by atoms with van der Waals surface area (Å²) in [5.74, 6) is 1.62. The number of hydrogen-bond acceptors (Lipinski definition) is 7. The minimum atomic E-state index is -0.384. The molecule has 3 aromatic rings. The van der Waals surface area contributed by atoms with Gasteiger partial charge in [-0.25, -0.2) is 9.78 Å². The van der Waals surface area contributed by atoms with Crippen LogP contribution in [0.1, 0.15) is 15.9 Å². The number of hydrogen-bond donors (Lipinski definition) is 2. The van der Waals surface area contributed by atoms with Crippen LogP contribution in [0.15, 0.2) is 60.8 Å². The normalized spacial score (nSPS) is 10.2. The van der Waals surface area contributed by atoms with Crippen molar-refractivity contribution in [2.24, 2.45) is 0 Å². The van der Waals surface area contributed by atoms with Gasteiger partial charge in [0.2, 0.25) is 5.95 Å². The third-order valence-corrected chi connectivity index (χ3v) is 4.08. The van der Waals surface area contributed by atoms with E-state index in [1.165, 1.54) is 7.11 Å². The van der Waals surface area contributed by atoms with E-state index in [2.05, 4.69) is 20.6 Å². The van der Waals surface area contributed by atoms with Crippen LogP contribution in [-0.4, -0.2) is 36.7 Å². The number of para-hydroxylation sites is 1. The molecule has 0 aliphatic carbocycles. The van der Waals surface area contributed by atoms with Crippen LogP contribution in [0, 0.1) is 0 Å². The number of rotatable bonds is 8. The monoisotopic (exact) mass is 378 g/mol. The molecule has 0 saturated carbocycles. The van der Waals surface area contributed by atoms with E-state index in [0.29, 0.717) is 23.9 Å². The Morgan fingerprint density at radius 1 is 1.07 bits per heavy atom. The van der Waals surface area contributed by atoms with Gasteiger partial charge in [0, 0.05) is 18.4 Å². The molecule has 144 valence electrons. The molecule has 7 heteroatoms. The summed E-state index contributed by atoms with van der Waals surface area (Å²) >= 11 is 0. The molecule has 2 N–H and O–H groups in total. The van der Waals surface area contributed by atoms with Crippen molar-refractivity contribution < 1.29 is 14.3 Å². The van der Waals surface area contributed by atoms with E-state index in [0.717, 1.165) is 23.4 Å². The molecule has 0 atom stereocenters. The first-order valence-electron chi connectivity index (χ1n) is 8.84. The first-order chi connectivity index (χ1) is 13.7. The molecule has 0 spiro atoms. The molecule has 0 fully saturated rings. The van der Waals surface area contributed by atoms with Gasteiger partial charge in [-0.2, -0.15) is 4.98 Å². The van der Waals surface area contributed by atoms with E-state index in [-0.39, 0.29) is 5.97 Å². The second-order valence-electron chi connectivity index (χ2n) is 5.95. The lowest BCUT2D eigenvalue weighted by Crippen LogP contribution is -2.09. The number of carbonyl (C=O) groups is 1. The predicted octanol–water partition coefficient (Wildman–Crippen LogP) is 3.67. The first-order valence-corrected chi connectivity index (χ1v) is 8.84. The van der Waals surface area contributed by atoms with E-state index in [4.69, 9.17) is 9.47 Å². The van der Waals surface area contributed by atoms with E-state index >= 15 is 0 Å². The second kappa shape index (κ2) is 9.36. The largest absolute Gasteiger partial charge is 0.496 e. The molecule has 0 amide bonds. The summed E-state index contributed by atoms with van der Waals surface area (Å²) < 4.78 is 10.1. The molecule has 2 aromatic carbocycles. The highest BCUT2D eigenvalue weighted by atomic mass is 16.5. The smallest absolute Gasteiger partial charge is 0.337 e. The molecule has 0 unspecified atom stereocenters. The van der Waals surface area contributed by atoms with E-state index in [1.54, 1.807) is 37.6 Å². The summed E-state index contributed by atoms with van der Waals surface area (Å²) in [6, 6.07) is 16.7. The van der Waals surface area contributed by atoms with Crippen molar-refractivity contribution in [2.75, 3.05) is 31.4 Å². The number of methoxy groups -OCH3 is 2. The average molecular weight is 378 g/mol. The molecule has 0 bridgehead atoms. The average Bonchev–Trinajstić information content (AvgIpc) is 2.74. The fraction of sp³-hybridized carbons (Fsp3) is 0.190. The molecule has 28 heavy (non-hydrogen) atoms. The van der Waals surface area contributed by atoms with Crippen LogP contribution in [0.25, 0.3) is 0 Å². The van der Waals surface area contributed by atoms with Crippen LogP contribution < -0.4 is 15.4 Å². The van der Waals surface area contributed by atoms with Gasteiger partial charge in [0.1, 0.15) is 11.6 Å². The van der Waals surface area contributed by atoms with Gasteiger partial charge in [0.25, 0.3) is 0 Å². The van der Waals surface area contributed by atoms with Crippen LogP contribution in [0.2, 0.25) is 0 Å². The van der Waals surface area contributed by atoms with Gasteiger partial charge in [-0.3, -0.25) is 0 Å². The molecule has 0 saturated heterocycles. The summed E-state index contributed by atoms with van der Waals surface area (Å²) in [5.41, 5.74) is 2.32. The summed E-state index contributed by atoms with van der Waals surface area (Å²) in [5, 5.41) is 6.39. The van der Waals surface area contributed by atoms with Gasteiger partial charge >= 0.3 is 5.97 Å². The minimum Gasteiger partial charge on any atom is -0.496 e. The molecule has 3 rings (SSSR count). The van der Waals surface area contributed by atoms with Gasteiger partial charge in [0.05, 0.1) is 19.8 Å². The van der Waals surface area contributed by atoms with Crippen molar-refractivity contribution in [2.45, 2.75) is 6.42 Å². The highest BCUT2D eigenvalue weighted by Crippen LogP contribution is 2.19. The Morgan fingerprint density at radius 2 is 1.93 bits per heavy atom. The van der Waals surface area contributed by atoms with E-state index in [1.807, 2.05) is 30.3 Å². The number of esters is 1. The lowest BCUT2D eigenvalue weighted by molar-refractivity contribution is 0.0601. The minimum absolute atomic E-state index is 0.384. The standard InChI is InChI=1S/C21H22N4O3/c1-27-18-9-4-3-6-15(18)10-12-22-21-23-13-11-19(25-21)24-17-8-5-7-16(14-17)20(26)28-2/h3-9,11,13-14H,10,12H2,1-2H3,(H2,22,23,24,25). The molecular formula is C21H22N4O3. The number of nitrogens with zero attached hydrogens (tertiary/aromatic N) is 2. The zero-order chi connectivity index (χ0) is 19.8. The Morgan fingerprint density at radius 3 is 2.75 bits per heavy atom. The van der Waals surface area contributed by atoms with Crippen molar-refractivity contribution in [1.82, 2.24) is 9.97 Å². The fourth-order valence-electron chi connectivity index (χ4n) is 2.72. The molecule has 0 aliphatic rings. The second-order valence-corrected chi connectivity index (χ2v) is 5.95. The molecule has 0 aliphatic heterocycles. The van der Waals surface area contributed by atoms with Crippen molar-refractivity contribution in [3.8, 4) is 5.75 Å². The number of nitrogens with one attached hydrogen (secondary N) is 2. The third kappa shape index (κ3) is 4.97. The van der Waals surface area contributed by atoms with E-state index < -0.39 is 0 Å². The van der Waals surface area contributed by atoms with Gasteiger partial charge < -0.3 is 20.1 Å². The quantitative estimate of drug-likeness (QED) is 0.579. The summed E-state index contributed by atoms with van der Waals surface area (Å²) in [7, 11) is 3.02. The number of aromatic nitrogens is 2. The summed E-state index contributed by atoms with van der Waals surface area (Å²) in [4.78, 5) is 20.4. The number of ether oxygens (including phenoxy) is 2. The first kappa shape index (κ1) is 19.2. The van der Waals surface area contributed by atoms with Crippen LogP contribution in [0.3, 0.4) is 0 Å². The lowest BCUT2D eigenvalue weighted by atomic mass is 10.1. The Labute approximate surface area is 163 Å². The SMILES string of the molecule is COC(=O)c1cccc(Nc2ccnc(NCCc3ccccc3OC)n2)c1. The van der Waals surface area contributed by atoms with E-state index in [9.17, 15) is 4.79 Å². The van der Waals surface area contributed by atoms with Crippen molar-refractivity contribution in [3.05, 3.63) is 71.9 Å². The highest BCUT2D eigenvalue weighted by molar-refractivity contribution is 5.90. The molecule has 1 aromatic heterocycles. The fourth-order valence-corrected chi connectivity index (χ4v) is 2.72. The Bertz CT molecular complexity index is 946. The van der Waals surface area contributed by atoms with Crippen LogP contribution >= 0.6 is 0 Å². The van der Waals surface area contributed by atoms with Crippen LogP contribution in [0.4, 0.5) is 17.5 Å². The maximum atomic E-state index is 11.7. The maximum absolute atomic E-state index is 11.7. The molecular weight excluding hydrogens is 356 g/mol. The van der Waals surface area contributed by atoms with Gasteiger partial charge in [-0.15, -0.1) is 0 Å². The van der Waals surface area contributed by atoms with Crippen molar-refractivity contribution >= 4 is 23.4 Å². The maximum Gasteiger partial charge on any atom is 0.337 e.